The van der Waals surface area contributed by atoms with E-state index >= 15 is 0 Å². The first-order valence-electron chi connectivity index (χ1n) is 12.2. The Morgan fingerprint density at radius 2 is 1.79 bits per heavy atom. The lowest BCUT2D eigenvalue weighted by molar-refractivity contribution is 0.255. The molecule has 2 aromatic rings. The average Bonchev–Trinajstić information content (AvgIpc) is 2.77. The molecule has 1 heterocycles. The minimum atomic E-state index is -0.498. The van der Waals surface area contributed by atoms with Gasteiger partial charge in [-0.3, -0.25) is 0 Å². The highest BCUT2D eigenvalue weighted by atomic mass is 35.5. The second-order valence-electron chi connectivity index (χ2n) is 9.21. The van der Waals surface area contributed by atoms with Gasteiger partial charge in [-0.05, 0) is 94.3 Å². The van der Waals surface area contributed by atoms with Crippen molar-refractivity contribution >= 4 is 35.2 Å². The van der Waals surface area contributed by atoms with E-state index < -0.39 is 5.54 Å². The van der Waals surface area contributed by atoms with Crippen LogP contribution in [-0.2, 0) is 15.9 Å². The van der Waals surface area contributed by atoms with Crippen molar-refractivity contribution in [2.24, 2.45) is 15.9 Å². The molecule has 2 atom stereocenters. The SMILES string of the molecule is CCOC1=N[C@](C)(CCCc2ccc(Sc3cccc(Cl)c3)cc2C)C(OCC)=N[C@H]1C(C)C. The molecule has 1 aliphatic rings. The summed E-state index contributed by atoms with van der Waals surface area (Å²) in [5.41, 5.74) is 2.17. The first-order chi connectivity index (χ1) is 16.3. The molecule has 0 saturated heterocycles. The smallest absolute Gasteiger partial charge is 0.212 e. The van der Waals surface area contributed by atoms with Crippen LogP contribution in [0.15, 0.2) is 62.2 Å². The van der Waals surface area contributed by atoms with Gasteiger partial charge in [0, 0.05) is 14.8 Å². The number of ether oxygens (including phenoxy) is 2. The van der Waals surface area contributed by atoms with Gasteiger partial charge in [0.05, 0.1) is 13.2 Å². The van der Waals surface area contributed by atoms with Crippen molar-refractivity contribution in [2.45, 2.75) is 82.2 Å². The summed E-state index contributed by atoms with van der Waals surface area (Å²) in [6, 6.07) is 14.6. The second kappa shape index (κ2) is 12.1. The summed E-state index contributed by atoms with van der Waals surface area (Å²) in [5, 5.41) is 0.763. The molecule has 0 bridgehead atoms. The van der Waals surface area contributed by atoms with Crippen molar-refractivity contribution in [2.75, 3.05) is 13.2 Å². The summed E-state index contributed by atoms with van der Waals surface area (Å²) in [5.74, 6) is 1.78. The van der Waals surface area contributed by atoms with Gasteiger partial charge in [-0.25, -0.2) is 9.98 Å². The topological polar surface area (TPSA) is 43.2 Å². The maximum Gasteiger partial charge on any atom is 0.212 e. The van der Waals surface area contributed by atoms with E-state index in [1.54, 1.807) is 11.8 Å². The summed E-state index contributed by atoms with van der Waals surface area (Å²) in [6.45, 7) is 13.8. The van der Waals surface area contributed by atoms with Crippen LogP contribution in [0.3, 0.4) is 0 Å². The van der Waals surface area contributed by atoms with E-state index in [1.807, 2.05) is 32.0 Å². The largest absolute Gasteiger partial charge is 0.480 e. The van der Waals surface area contributed by atoms with Crippen LogP contribution in [-0.4, -0.2) is 36.6 Å². The van der Waals surface area contributed by atoms with Gasteiger partial charge in [0.2, 0.25) is 11.8 Å². The molecule has 1 aliphatic heterocycles. The molecular formula is C28H37ClN2O2S. The zero-order valence-corrected chi connectivity index (χ0v) is 22.8. The summed E-state index contributed by atoms with van der Waals surface area (Å²) < 4.78 is 11.9. The summed E-state index contributed by atoms with van der Waals surface area (Å²) in [6.07, 6.45) is 2.82. The maximum atomic E-state index is 6.13. The first kappa shape index (κ1) is 26.6. The third kappa shape index (κ3) is 6.79. The van der Waals surface area contributed by atoms with E-state index in [9.17, 15) is 0 Å². The minimum Gasteiger partial charge on any atom is -0.480 e. The van der Waals surface area contributed by atoms with E-state index in [0.717, 1.165) is 41.0 Å². The summed E-state index contributed by atoms with van der Waals surface area (Å²) in [4.78, 5) is 12.4. The number of hydrogen-bond acceptors (Lipinski definition) is 5. The molecular weight excluding hydrogens is 464 g/mol. The Morgan fingerprint density at radius 1 is 1.06 bits per heavy atom. The third-order valence-corrected chi connectivity index (χ3v) is 7.20. The molecule has 0 spiro atoms. The van der Waals surface area contributed by atoms with Crippen LogP contribution < -0.4 is 0 Å². The van der Waals surface area contributed by atoms with Crippen LogP contribution in [0, 0.1) is 12.8 Å². The molecule has 0 aliphatic carbocycles. The molecule has 0 N–H and O–H groups in total. The van der Waals surface area contributed by atoms with Gasteiger partial charge < -0.3 is 9.47 Å². The van der Waals surface area contributed by atoms with Gasteiger partial charge in [-0.1, -0.05) is 49.3 Å². The van der Waals surface area contributed by atoms with Crippen LogP contribution >= 0.6 is 23.4 Å². The molecule has 0 aromatic heterocycles. The van der Waals surface area contributed by atoms with E-state index in [2.05, 4.69) is 52.0 Å². The molecule has 2 aromatic carbocycles. The Bertz CT molecular complexity index is 1040. The minimum absolute atomic E-state index is 0.0821. The van der Waals surface area contributed by atoms with Gasteiger partial charge in [-0.15, -0.1) is 0 Å². The molecule has 4 nitrogen and oxygen atoms in total. The highest BCUT2D eigenvalue weighted by molar-refractivity contribution is 7.99. The molecule has 0 unspecified atom stereocenters. The number of benzene rings is 2. The molecule has 184 valence electrons. The van der Waals surface area contributed by atoms with E-state index in [-0.39, 0.29) is 6.04 Å². The predicted octanol–water partition coefficient (Wildman–Crippen LogP) is 7.79. The summed E-state index contributed by atoms with van der Waals surface area (Å²) in [7, 11) is 0. The lowest BCUT2D eigenvalue weighted by Crippen LogP contribution is -2.45. The molecule has 0 amide bonds. The van der Waals surface area contributed by atoms with Gasteiger partial charge in [0.1, 0.15) is 11.6 Å². The number of nitrogens with zero attached hydrogens (tertiary/aromatic N) is 2. The summed E-state index contributed by atoms with van der Waals surface area (Å²) >= 11 is 7.87. The van der Waals surface area contributed by atoms with Gasteiger partial charge in [-0.2, -0.15) is 0 Å². The Kier molecular flexibility index (Phi) is 9.49. The first-order valence-corrected chi connectivity index (χ1v) is 13.4. The third-order valence-electron chi connectivity index (χ3n) is 5.99. The molecule has 0 saturated carbocycles. The van der Waals surface area contributed by atoms with Crippen molar-refractivity contribution in [1.29, 1.82) is 0 Å². The normalized spacial score (nSPS) is 20.2. The van der Waals surface area contributed by atoms with E-state index in [1.165, 1.54) is 16.0 Å². The van der Waals surface area contributed by atoms with Crippen molar-refractivity contribution < 1.29 is 9.47 Å². The lowest BCUT2D eigenvalue weighted by Gasteiger charge is -2.34. The molecule has 3 rings (SSSR count). The Morgan fingerprint density at radius 3 is 2.44 bits per heavy atom. The Labute approximate surface area is 214 Å². The maximum absolute atomic E-state index is 6.13. The quantitative estimate of drug-likeness (QED) is 0.353. The van der Waals surface area contributed by atoms with Gasteiger partial charge >= 0.3 is 0 Å². The van der Waals surface area contributed by atoms with Crippen molar-refractivity contribution in [1.82, 2.24) is 0 Å². The fourth-order valence-electron chi connectivity index (χ4n) is 4.17. The monoisotopic (exact) mass is 500 g/mol. The number of rotatable bonds is 9. The van der Waals surface area contributed by atoms with Crippen LogP contribution in [0.1, 0.15) is 58.6 Å². The van der Waals surface area contributed by atoms with Crippen molar-refractivity contribution in [3.8, 4) is 0 Å². The fourth-order valence-corrected chi connectivity index (χ4v) is 5.40. The Hall–Kier alpha value is -1.98. The molecule has 6 heteroatoms. The van der Waals surface area contributed by atoms with E-state index in [4.69, 9.17) is 31.1 Å². The zero-order valence-electron chi connectivity index (χ0n) is 21.2. The van der Waals surface area contributed by atoms with E-state index in [0.29, 0.717) is 19.1 Å². The van der Waals surface area contributed by atoms with Crippen LogP contribution in [0.2, 0.25) is 5.02 Å². The van der Waals surface area contributed by atoms with Gasteiger partial charge in [0.15, 0.2) is 0 Å². The highest BCUT2D eigenvalue weighted by Crippen LogP contribution is 2.32. The standard InChI is InChI=1S/C28H37ClN2O2S/c1-7-32-26-25(19(3)4)30-27(33-8-2)28(6,31-26)16-10-11-21-14-15-24(17-20(21)5)34-23-13-9-12-22(29)18-23/h9,12-15,17-19,25H,7-8,10-11,16H2,1-6H3/t25-,28+/m0/s1. The number of halogens is 1. The molecule has 34 heavy (non-hydrogen) atoms. The van der Waals surface area contributed by atoms with Crippen molar-refractivity contribution in [3.05, 3.63) is 58.6 Å². The average molecular weight is 501 g/mol. The van der Waals surface area contributed by atoms with Crippen LogP contribution in [0.5, 0.6) is 0 Å². The van der Waals surface area contributed by atoms with Crippen LogP contribution in [0.25, 0.3) is 0 Å². The second-order valence-corrected chi connectivity index (χ2v) is 10.8. The van der Waals surface area contributed by atoms with Crippen LogP contribution in [0.4, 0.5) is 0 Å². The van der Waals surface area contributed by atoms with Gasteiger partial charge in [0.25, 0.3) is 0 Å². The fraction of sp³-hybridized carbons (Fsp3) is 0.500. The Balaban J connectivity index is 1.69. The molecule has 0 fully saturated rings. The number of hydrogen-bond donors (Lipinski definition) is 0. The number of aliphatic imine (C=N–C) groups is 2. The zero-order chi connectivity index (χ0) is 24.7. The highest BCUT2D eigenvalue weighted by Gasteiger charge is 2.39. The lowest BCUT2D eigenvalue weighted by atomic mass is 9.90. The predicted molar refractivity (Wildman–Crippen MR) is 145 cm³/mol. The number of aryl methyl sites for hydroxylation is 2. The van der Waals surface area contributed by atoms with Crippen molar-refractivity contribution in [3.63, 3.8) is 0 Å². The molecule has 0 radical (unpaired) electrons.